The zero-order valence-electron chi connectivity index (χ0n) is 14.3. The quantitative estimate of drug-likeness (QED) is 0.154. The number of nitrogens with two attached hydrogens (primary N) is 1. The minimum absolute atomic E-state index is 0.151. The Balaban J connectivity index is 2.37. The van der Waals surface area contributed by atoms with Crippen molar-refractivity contribution in [3.8, 4) is 12.0 Å². The molecule has 0 aromatic heterocycles. The van der Waals surface area contributed by atoms with E-state index in [9.17, 15) is 14.4 Å². The van der Waals surface area contributed by atoms with E-state index in [0.717, 1.165) is 0 Å². The number of carbonyl (C=O) groups is 3. The van der Waals surface area contributed by atoms with E-state index in [1.165, 1.54) is 6.07 Å². The minimum atomic E-state index is -0.486. The molecule has 9 heteroatoms. The van der Waals surface area contributed by atoms with Crippen molar-refractivity contribution in [3.63, 3.8) is 0 Å². The topological polar surface area (TPSA) is 146 Å². The number of hydrogen-bond donors (Lipinski definition) is 5. The van der Waals surface area contributed by atoms with Crippen molar-refractivity contribution in [2.75, 3.05) is 18.5 Å². The lowest BCUT2D eigenvalue weighted by molar-refractivity contribution is -0.142. The number of anilines is 1. The average Bonchev–Trinajstić information content (AvgIpc) is 2.59. The van der Waals surface area contributed by atoms with Crippen LogP contribution in [0.2, 0.25) is 0 Å². The average molecular weight is 359 g/mol. The lowest BCUT2D eigenvalue weighted by Gasteiger charge is -2.07. The van der Waals surface area contributed by atoms with Gasteiger partial charge in [0.2, 0.25) is 0 Å². The number of amides is 2. The summed E-state index contributed by atoms with van der Waals surface area (Å²) in [4.78, 5) is 34.7. The third-order valence-corrected chi connectivity index (χ3v) is 2.86. The molecule has 0 aliphatic heterocycles. The number of hydrogen-bond acceptors (Lipinski definition) is 5. The van der Waals surface area contributed by atoms with E-state index >= 15 is 0 Å². The van der Waals surface area contributed by atoms with Crippen LogP contribution >= 0.6 is 0 Å². The molecule has 26 heavy (non-hydrogen) atoms. The molecule has 0 aliphatic rings. The zero-order valence-corrected chi connectivity index (χ0v) is 14.3. The van der Waals surface area contributed by atoms with Gasteiger partial charge in [-0.1, -0.05) is 12.0 Å². The highest BCUT2D eigenvalue weighted by molar-refractivity contribution is 5.98. The van der Waals surface area contributed by atoms with Gasteiger partial charge in [-0.05, 0) is 25.1 Å². The SMILES string of the molecule is CCOC(=O)CCC#CNC(=O)CNC(=O)c1cccc(NC(=N)N)c1. The highest BCUT2D eigenvalue weighted by atomic mass is 16.5. The smallest absolute Gasteiger partial charge is 0.306 e. The van der Waals surface area contributed by atoms with Gasteiger partial charge in [-0.25, -0.2) is 0 Å². The first-order valence-corrected chi connectivity index (χ1v) is 7.84. The van der Waals surface area contributed by atoms with Crippen LogP contribution in [0.25, 0.3) is 0 Å². The Kier molecular flexibility index (Phi) is 8.75. The lowest BCUT2D eigenvalue weighted by atomic mass is 10.2. The number of ether oxygens (including phenoxy) is 1. The van der Waals surface area contributed by atoms with Crippen molar-refractivity contribution in [2.45, 2.75) is 19.8 Å². The summed E-state index contributed by atoms with van der Waals surface area (Å²) in [5.74, 6) is 1.08. The van der Waals surface area contributed by atoms with Gasteiger partial charge in [0.05, 0.1) is 19.6 Å². The maximum atomic E-state index is 12.0. The van der Waals surface area contributed by atoms with Crippen LogP contribution in [-0.2, 0) is 14.3 Å². The van der Waals surface area contributed by atoms with Crippen molar-refractivity contribution in [2.24, 2.45) is 5.73 Å². The van der Waals surface area contributed by atoms with Gasteiger partial charge in [0.25, 0.3) is 11.8 Å². The van der Waals surface area contributed by atoms with Crippen LogP contribution < -0.4 is 21.7 Å². The molecular formula is C17H21N5O4. The van der Waals surface area contributed by atoms with Crippen LogP contribution in [0.5, 0.6) is 0 Å². The Hall–Kier alpha value is -3.54. The van der Waals surface area contributed by atoms with Gasteiger partial charge in [0, 0.05) is 23.7 Å². The first kappa shape index (κ1) is 20.5. The molecular weight excluding hydrogens is 338 g/mol. The second-order valence-corrected chi connectivity index (χ2v) is 4.96. The highest BCUT2D eigenvalue weighted by Gasteiger charge is 2.08. The van der Waals surface area contributed by atoms with E-state index < -0.39 is 11.8 Å². The monoisotopic (exact) mass is 359 g/mol. The van der Waals surface area contributed by atoms with Crippen LogP contribution in [0.15, 0.2) is 24.3 Å². The molecule has 0 aliphatic carbocycles. The summed E-state index contributed by atoms with van der Waals surface area (Å²) < 4.78 is 4.74. The van der Waals surface area contributed by atoms with Gasteiger partial charge < -0.3 is 21.1 Å². The van der Waals surface area contributed by atoms with Crippen molar-refractivity contribution in [1.29, 1.82) is 5.41 Å². The number of carbonyl (C=O) groups excluding carboxylic acids is 3. The molecule has 2 amide bonds. The molecule has 138 valence electrons. The molecule has 0 saturated heterocycles. The molecule has 0 radical (unpaired) electrons. The summed E-state index contributed by atoms with van der Waals surface area (Å²) in [6.07, 6.45) is 0.416. The fourth-order valence-corrected chi connectivity index (χ4v) is 1.77. The van der Waals surface area contributed by atoms with Crippen LogP contribution in [0, 0.1) is 17.4 Å². The summed E-state index contributed by atoms with van der Waals surface area (Å²) in [6.45, 7) is 1.78. The first-order valence-electron chi connectivity index (χ1n) is 7.84. The van der Waals surface area contributed by atoms with Crippen LogP contribution in [-0.4, -0.2) is 36.9 Å². The van der Waals surface area contributed by atoms with Crippen molar-refractivity contribution < 1.29 is 19.1 Å². The molecule has 0 bridgehead atoms. The van der Waals surface area contributed by atoms with Gasteiger partial charge >= 0.3 is 5.97 Å². The molecule has 0 heterocycles. The standard InChI is InChI=1S/C17H21N5O4/c1-2-26-15(24)8-3-4-9-20-14(23)11-21-16(25)12-6-5-7-13(10-12)22-17(18)19/h5-7,10H,2-3,8,11H2,1H3,(H,20,23)(H,21,25)(H4,18,19,22). The van der Waals surface area contributed by atoms with Crippen molar-refractivity contribution in [1.82, 2.24) is 10.6 Å². The van der Waals surface area contributed by atoms with E-state index in [-0.39, 0.29) is 31.3 Å². The van der Waals surface area contributed by atoms with E-state index in [2.05, 4.69) is 27.9 Å². The number of esters is 1. The van der Waals surface area contributed by atoms with Gasteiger partial charge in [-0.2, -0.15) is 0 Å². The highest BCUT2D eigenvalue weighted by Crippen LogP contribution is 2.09. The van der Waals surface area contributed by atoms with Gasteiger partial charge in [-0.15, -0.1) is 0 Å². The Morgan fingerprint density at radius 2 is 2.08 bits per heavy atom. The lowest BCUT2D eigenvalue weighted by Crippen LogP contribution is -2.35. The van der Waals surface area contributed by atoms with Crippen LogP contribution in [0.1, 0.15) is 30.1 Å². The Morgan fingerprint density at radius 3 is 2.77 bits per heavy atom. The largest absolute Gasteiger partial charge is 0.466 e. The Morgan fingerprint density at radius 1 is 1.31 bits per heavy atom. The molecule has 6 N–H and O–H groups in total. The Labute approximate surface area is 151 Å². The zero-order chi connectivity index (χ0) is 19.4. The summed E-state index contributed by atoms with van der Waals surface area (Å²) in [5.41, 5.74) is 6.03. The molecule has 0 unspecified atom stereocenters. The van der Waals surface area contributed by atoms with E-state index in [1.54, 1.807) is 25.1 Å². The molecule has 0 fully saturated rings. The predicted molar refractivity (Wildman–Crippen MR) is 96.1 cm³/mol. The summed E-state index contributed by atoms with van der Waals surface area (Å²) in [7, 11) is 0. The normalized spacial score (nSPS) is 9.27. The second-order valence-electron chi connectivity index (χ2n) is 4.96. The van der Waals surface area contributed by atoms with Crippen LogP contribution in [0.4, 0.5) is 5.69 Å². The first-order chi connectivity index (χ1) is 12.4. The number of benzene rings is 1. The third-order valence-electron chi connectivity index (χ3n) is 2.86. The Bertz CT molecular complexity index is 736. The van der Waals surface area contributed by atoms with E-state index in [0.29, 0.717) is 17.9 Å². The second kappa shape index (κ2) is 11.1. The molecule has 0 spiro atoms. The number of nitrogens with one attached hydrogen (secondary N) is 4. The van der Waals surface area contributed by atoms with Crippen molar-refractivity contribution in [3.05, 3.63) is 29.8 Å². The molecule has 0 saturated carbocycles. The minimum Gasteiger partial charge on any atom is -0.466 e. The molecule has 1 aromatic carbocycles. The maximum Gasteiger partial charge on any atom is 0.306 e. The number of rotatable bonds is 7. The molecule has 0 atom stereocenters. The van der Waals surface area contributed by atoms with Gasteiger partial charge in [-0.3, -0.25) is 25.1 Å². The summed E-state index contributed by atoms with van der Waals surface area (Å²) >= 11 is 0. The maximum absolute atomic E-state index is 12.0. The summed E-state index contributed by atoms with van der Waals surface area (Å²) in [5, 5.41) is 14.5. The number of guanidine groups is 1. The molecule has 9 nitrogen and oxygen atoms in total. The molecule has 1 aromatic rings. The third kappa shape index (κ3) is 8.35. The van der Waals surface area contributed by atoms with Gasteiger partial charge in [0.15, 0.2) is 5.96 Å². The van der Waals surface area contributed by atoms with E-state index in [4.69, 9.17) is 15.9 Å². The van der Waals surface area contributed by atoms with Crippen LogP contribution in [0.3, 0.4) is 0 Å². The van der Waals surface area contributed by atoms with Crippen molar-refractivity contribution >= 4 is 29.4 Å². The summed E-state index contributed by atoms with van der Waals surface area (Å²) in [6, 6.07) is 8.76. The fourth-order valence-electron chi connectivity index (χ4n) is 1.77. The van der Waals surface area contributed by atoms with E-state index in [1.807, 2.05) is 0 Å². The molecule has 1 rings (SSSR count). The van der Waals surface area contributed by atoms with Gasteiger partial charge in [0.1, 0.15) is 0 Å². The predicted octanol–water partition coefficient (Wildman–Crippen LogP) is 0.142. The fraction of sp³-hybridized carbons (Fsp3) is 0.294.